The molecule has 1 aromatic rings. The summed E-state index contributed by atoms with van der Waals surface area (Å²) in [5.74, 6) is 0.370. The molecule has 0 fully saturated rings. The lowest BCUT2D eigenvalue weighted by atomic mass is 10.0. The summed E-state index contributed by atoms with van der Waals surface area (Å²) < 4.78 is 5.44. The van der Waals surface area contributed by atoms with E-state index in [1.54, 1.807) is 25.1 Å². The number of nitrogens with one attached hydrogen (secondary N) is 1. The topological polar surface area (TPSA) is 58.6 Å². The van der Waals surface area contributed by atoms with Crippen LogP contribution in [0.3, 0.4) is 0 Å². The van der Waals surface area contributed by atoms with Crippen molar-refractivity contribution in [3.05, 3.63) is 28.8 Å². The second kappa shape index (κ2) is 6.78. The van der Waals surface area contributed by atoms with Gasteiger partial charge in [-0.05, 0) is 44.0 Å². The van der Waals surface area contributed by atoms with Crippen LogP contribution in [-0.4, -0.2) is 29.8 Å². The first kappa shape index (κ1) is 15.8. The highest BCUT2D eigenvalue weighted by Crippen LogP contribution is 2.21. The molecule has 0 aliphatic heterocycles. The van der Waals surface area contributed by atoms with E-state index in [1.165, 1.54) is 0 Å². The second-order valence-electron chi connectivity index (χ2n) is 4.82. The van der Waals surface area contributed by atoms with Gasteiger partial charge in [-0.25, -0.2) is 0 Å². The molecule has 0 aromatic heterocycles. The summed E-state index contributed by atoms with van der Waals surface area (Å²) in [7, 11) is 0. The molecule has 1 rings (SSSR count). The molecule has 0 saturated heterocycles. The normalized spacial score (nSPS) is 13.7. The molecule has 0 saturated carbocycles. The Morgan fingerprint density at radius 3 is 2.74 bits per heavy atom. The van der Waals surface area contributed by atoms with E-state index >= 15 is 0 Å². The summed E-state index contributed by atoms with van der Waals surface area (Å²) in [5, 5.41) is 12.6. The minimum absolute atomic E-state index is 0.0853. The van der Waals surface area contributed by atoms with Gasteiger partial charge in [-0.2, -0.15) is 0 Å². The number of aliphatic hydroxyl groups excluding tert-OH is 1. The van der Waals surface area contributed by atoms with E-state index in [0.717, 1.165) is 5.56 Å². The molecule has 0 bridgehead atoms. The minimum atomic E-state index is -0.602. The Morgan fingerprint density at radius 2 is 2.21 bits per heavy atom. The average Bonchev–Trinajstić information content (AvgIpc) is 2.37. The van der Waals surface area contributed by atoms with Crippen molar-refractivity contribution in [1.82, 2.24) is 5.32 Å². The molecular formula is C14H20ClNO3. The quantitative estimate of drug-likeness (QED) is 0.843. The van der Waals surface area contributed by atoms with Gasteiger partial charge in [0.25, 0.3) is 5.91 Å². The Morgan fingerprint density at radius 1 is 1.53 bits per heavy atom. The Balaban J connectivity index is 2.55. The molecule has 0 aliphatic rings. The number of aliphatic hydroxyl groups is 1. The van der Waals surface area contributed by atoms with Crippen molar-refractivity contribution in [2.45, 2.75) is 32.7 Å². The SMILES string of the molecule is CCC(C)(CO)NC(=O)COc1ccc(Cl)cc1C. The number of ether oxygens (including phenoxy) is 1. The molecule has 5 heteroatoms. The van der Waals surface area contributed by atoms with Crippen molar-refractivity contribution in [3.8, 4) is 5.75 Å². The van der Waals surface area contributed by atoms with Crippen LogP contribution in [0.4, 0.5) is 0 Å². The van der Waals surface area contributed by atoms with Crippen LogP contribution in [0.2, 0.25) is 5.02 Å². The van der Waals surface area contributed by atoms with Gasteiger partial charge >= 0.3 is 0 Å². The summed E-state index contributed by atoms with van der Waals surface area (Å²) in [4.78, 5) is 11.8. The Labute approximate surface area is 118 Å². The van der Waals surface area contributed by atoms with Gasteiger partial charge in [0, 0.05) is 5.02 Å². The molecule has 0 aliphatic carbocycles. The molecule has 0 spiro atoms. The monoisotopic (exact) mass is 285 g/mol. The number of rotatable bonds is 6. The molecule has 1 aromatic carbocycles. The van der Waals surface area contributed by atoms with Gasteiger partial charge in [-0.1, -0.05) is 18.5 Å². The second-order valence-corrected chi connectivity index (χ2v) is 5.26. The first-order chi connectivity index (χ1) is 8.90. The van der Waals surface area contributed by atoms with Crippen molar-refractivity contribution in [1.29, 1.82) is 0 Å². The third-order valence-corrected chi connectivity index (χ3v) is 3.30. The molecule has 106 valence electrons. The summed E-state index contributed by atoms with van der Waals surface area (Å²) in [6.07, 6.45) is 0.648. The van der Waals surface area contributed by atoms with Crippen LogP contribution < -0.4 is 10.1 Å². The van der Waals surface area contributed by atoms with E-state index in [1.807, 2.05) is 13.8 Å². The van der Waals surface area contributed by atoms with Crippen molar-refractivity contribution in [2.75, 3.05) is 13.2 Å². The van der Waals surface area contributed by atoms with Gasteiger partial charge in [-0.3, -0.25) is 4.79 Å². The van der Waals surface area contributed by atoms with Gasteiger partial charge < -0.3 is 15.2 Å². The molecule has 0 radical (unpaired) electrons. The van der Waals surface area contributed by atoms with Crippen LogP contribution in [0.5, 0.6) is 5.75 Å². The lowest BCUT2D eigenvalue weighted by Crippen LogP contribution is -2.49. The molecule has 4 nitrogen and oxygen atoms in total. The van der Waals surface area contributed by atoms with Crippen LogP contribution in [0.25, 0.3) is 0 Å². The fourth-order valence-electron chi connectivity index (χ4n) is 1.53. The summed E-state index contributed by atoms with van der Waals surface area (Å²) in [6, 6.07) is 5.22. The predicted octanol–water partition coefficient (Wildman–Crippen LogP) is 2.30. The summed E-state index contributed by atoms with van der Waals surface area (Å²) in [6.45, 7) is 5.37. The van der Waals surface area contributed by atoms with E-state index < -0.39 is 5.54 Å². The average molecular weight is 286 g/mol. The number of carbonyl (C=O) groups excluding carboxylic acids is 1. The van der Waals surface area contributed by atoms with Crippen molar-refractivity contribution < 1.29 is 14.6 Å². The number of carbonyl (C=O) groups is 1. The Hall–Kier alpha value is -1.26. The van der Waals surface area contributed by atoms with E-state index in [4.69, 9.17) is 16.3 Å². The molecule has 1 atom stereocenters. The summed E-state index contributed by atoms with van der Waals surface area (Å²) >= 11 is 5.84. The van der Waals surface area contributed by atoms with Crippen LogP contribution >= 0.6 is 11.6 Å². The highest BCUT2D eigenvalue weighted by molar-refractivity contribution is 6.30. The van der Waals surface area contributed by atoms with Crippen molar-refractivity contribution in [3.63, 3.8) is 0 Å². The van der Waals surface area contributed by atoms with Crippen LogP contribution in [0.15, 0.2) is 18.2 Å². The number of hydrogen-bond donors (Lipinski definition) is 2. The lowest BCUT2D eigenvalue weighted by Gasteiger charge is -2.27. The zero-order chi connectivity index (χ0) is 14.5. The fraction of sp³-hybridized carbons (Fsp3) is 0.500. The van der Waals surface area contributed by atoms with Crippen LogP contribution in [0.1, 0.15) is 25.8 Å². The number of amides is 1. The Kier molecular flexibility index (Phi) is 5.63. The smallest absolute Gasteiger partial charge is 0.258 e. The van der Waals surface area contributed by atoms with Gasteiger partial charge in [0.05, 0.1) is 12.1 Å². The molecule has 1 amide bonds. The highest BCUT2D eigenvalue weighted by atomic mass is 35.5. The standard InChI is InChI=1S/C14H20ClNO3/c1-4-14(3,9-17)16-13(18)8-19-12-6-5-11(15)7-10(12)2/h5-7,17H,4,8-9H2,1-3H3,(H,16,18). The predicted molar refractivity (Wildman–Crippen MR) is 75.6 cm³/mol. The minimum Gasteiger partial charge on any atom is -0.484 e. The maximum absolute atomic E-state index is 11.8. The molecule has 1 unspecified atom stereocenters. The zero-order valence-corrected chi connectivity index (χ0v) is 12.3. The molecule has 19 heavy (non-hydrogen) atoms. The maximum atomic E-state index is 11.8. The van der Waals surface area contributed by atoms with Gasteiger partial charge in [0.15, 0.2) is 6.61 Å². The summed E-state index contributed by atoms with van der Waals surface area (Å²) in [5.41, 5.74) is 0.274. The van der Waals surface area contributed by atoms with E-state index in [0.29, 0.717) is 17.2 Å². The van der Waals surface area contributed by atoms with Crippen molar-refractivity contribution >= 4 is 17.5 Å². The van der Waals surface area contributed by atoms with Crippen LogP contribution in [-0.2, 0) is 4.79 Å². The van der Waals surface area contributed by atoms with E-state index in [2.05, 4.69) is 5.32 Å². The first-order valence-corrected chi connectivity index (χ1v) is 6.59. The van der Waals surface area contributed by atoms with Crippen LogP contribution in [0, 0.1) is 6.92 Å². The molecule has 0 heterocycles. The number of benzene rings is 1. The third-order valence-electron chi connectivity index (χ3n) is 3.07. The highest BCUT2D eigenvalue weighted by Gasteiger charge is 2.23. The third kappa shape index (κ3) is 4.73. The van der Waals surface area contributed by atoms with Gasteiger partial charge in [-0.15, -0.1) is 0 Å². The Bertz CT molecular complexity index is 444. The zero-order valence-electron chi connectivity index (χ0n) is 11.5. The number of hydrogen-bond acceptors (Lipinski definition) is 3. The van der Waals surface area contributed by atoms with Gasteiger partial charge in [0.2, 0.25) is 0 Å². The molecule has 2 N–H and O–H groups in total. The van der Waals surface area contributed by atoms with Gasteiger partial charge in [0.1, 0.15) is 5.75 Å². The van der Waals surface area contributed by atoms with E-state index in [9.17, 15) is 9.90 Å². The van der Waals surface area contributed by atoms with Crippen molar-refractivity contribution in [2.24, 2.45) is 0 Å². The maximum Gasteiger partial charge on any atom is 0.258 e. The number of halogens is 1. The fourth-order valence-corrected chi connectivity index (χ4v) is 1.76. The lowest BCUT2D eigenvalue weighted by molar-refractivity contribution is -0.125. The van der Waals surface area contributed by atoms with E-state index in [-0.39, 0.29) is 19.1 Å². The first-order valence-electron chi connectivity index (χ1n) is 6.21. The number of aryl methyl sites for hydroxylation is 1. The molecular weight excluding hydrogens is 266 g/mol. The largest absolute Gasteiger partial charge is 0.484 e.